The first-order valence-electron chi connectivity index (χ1n) is 6.00. The van der Waals surface area contributed by atoms with Gasteiger partial charge in [-0.15, -0.1) is 0 Å². The summed E-state index contributed by atoms with van der Waals surface area (Å²) < 4.78 is 0. The van der Waals surface area contributed by atoms with Gasteiger partial charge in [0.25, 0.3) is 5.69 Å². The van der Waals surface area contributed by atoms with Gasteiger partial charge in [-0.05, 0) is 19.4 Å². The van der Waals surface area contributed by atoms with Gasteiger partial charge in [-0.1, -0.05) is 25.1 Å². The molecule has 0 aliphatic carbocycles. The zero-order valence-electron chi connectivity index (χ0n) is 10.5. The van der Waals surface area contributed by atoms with Gasteiger partial charge in [-0.25, -0.2) is 0 Å². The molecule has 18 heavy (non-hydrogen) atoms. The van der Waals surface area contributed by atoms with Crippen LogP contribution in [0.25, 0.3) is 0 Å². The Labute approximate surface area is 107 Å². The lowest BCUT2D eigenvalue weighted by Crippen LogP contribution is -2.27. The quantitative estimate of drug-likeness (QED) is 0.421. The molecule has 0 amide bonds. The fourth-order valence-corrected chi connectivity index (χ4v) is 1.87. The van der Waals surface area contributed by atoms with Gasteiger partial charge in [0.15, 0.2) is 0 Å². The minimum atomic E-state index is -0.357. The van der Waals surface area contributed by atoms with E-state index in [4.69, 9.17) is 5.26 Å². The predicted molar refractivity (Wildman–Crippen MR) is 69.1 cm³/mol. The molecule has 1 aromatic rings. The van der Waals surface area contributed by atoms with Crippen LogP contribution >= 0.6 is 0 Å². The van der Waals surface area contributed by atoms with Crippen molar-refractivity contribution in [3.05, 3.63) is 39.9 Å². The number of hydrogen-bond acceptors (Lipinski definition) is 4. The lowest BCUT2D eigenvalue weighted by molar-refractivity contribution is -0.385. The van der Waals surface area contributed by atoms with Gasteiger partial charge >= 0.3 is 0 Å². The van der Waals surface area contributed by atoms with Gasteiger partial charge in [0.1, 0.15) is 0 Å². The van der Waals surface area contributed by atoms with Crippen LogP contribution in [0.15, 0.2) is 24.3 Å². The minimum absolute atomic E-state index is 0.158. The lowest BCUT2D eigenvalue weighted by atomic mass is 10.1. The van der Waals surface area contributed by atoms with Crippen molar-refractivity contribution in [3.8, 4) is 6.07 Å². The first kappa shape index (κ1) is 14.1. The minimum Gasteiger partial charge on any atom is -0.290 e. The Bertz CT molecular complexity index is 440. The topological polar surface area (TPSA) is 70.2 Å². The number of nitriles is 1. The number of hydrogen-bond donors (Lipinski definition) is 0. The van der Waals surface area contributed by atoms with Gasteiger partial charge in [0, 0.05) is 18.2 Å². The molecule has 96 valence electrons. The van der Waals surface area contributed by atoms with E-state index in [-0.39, 0.29) is 10.6 Å². The fourth-order valence-electron chi connectivity index (χ4n) is 1.87. The second kappa shape index (κ2) is 7.41. The first-order chi connectivity index (χ1) is 8.69. The summed E-state index contributed by atoms with van der Waals surface area (Å²) in [6.07, 6.45) is 1.57. The van der Waals surface area contributed by atoms with E-state index < -0.39 is 0 Å². The summed E-state index contributed by atoms with van der Waals surface area (Å²) >= 11 is 0. The average Bonchev–Trinajstić information content (AvgIpc) is 2.36. The second-order valence-corrected chi connectivity index (χ2v) is 4.07. The molecule has 1 aromatic carbocycles. The van der Waals surface area contributed by atoms with Crippen LogP contribution in [0.5, 0.6) is 0 Å². The highest BCUT2D eigenvalue weighted by Crippen LogP contribution is 2.18. The van der Waals surface area contributed by atoms with Crippen LogP contribution in [0.3, 0.4) is 0 Å². The Balaban J connectivity index is 2.67. The summed E-state index contributed by atoms with van der Waals surface area (Å²) in [6.45, 7) is 3.93. The van der Waals surface area contributed by atoms with Crippen LogP contribution in [0, 0.1) is 21.4 Å². The molecular weight excluding hydrogens is 230 g/mol. The van der Waals surface area contributed by atoms with Crippen LogP contribution in [-0.2, 0) is 6.42 Å². The molecular formula is C13H17N3O2. The third kappa shape index (κ3) is 4.15. The fraction of sp³-hybridized carbons (Fsp3) is 0.462. The normalized spacial score (nSPS) is 10.3. The van der Waals surface area contributed by atoms with Gasteiger partial charge in [-0.2, -0.15) is 5.26 Å². The Morgan fingerprint density at radius 1 is 1.39 bits per heavy atom. The van der Waals surface area contributed by atoms with Crippen LogP contribution < -0.4 is 0 Å². The lowest BCUT2D eigenvalue weighted by Gasteiger charge is -2.17. The molecule has 0 saturated carbocycles. The van der Waals surface area contributed by atoms with E-state index in [2.05, 4.69) is 13.0 Å². The van der Waals surface area contributed by atoms with Crippen LogP contribution in [0.1, 0.15) is 18.9 Å². The SMILES string of the molecule is CCCN(CC#N)CCc1ccccc1[N+](=O)[O-]. The molecule has 0 atom stereocenters. The maximum atomic E-state index is 10.9. The van der Waals surface area contributed by atoms with E-state index in [1.54, 1.807) is 18.2 Å². The molecule has 0 unspecified atom stereocenters. The number of para-hydroxylation sites is 1. The van der Waals surface area contributed by atoms with Crippen LogP contribution in [0.4, 0.5) is 5.69 Å². The molecule has 0 aromatic heterocycles. The Morgan fingerprint density at radius 2 is 2.11 bits per heavy atom. The number of nitrogens with zero attached hydrogens (tertiary/aromatic N) is 3. The van der Waals surface area contributed by atoms with Crippen molar-refractivity contribution in [3.63, 3.8) is 0 Å². The summed E-state index contributed by atoms with van der Waals surface area (Å²) in [7, 11) is 0. The molecule has 0 aliphatic heterocycles. The third-order valence-corrected chi connectivity index (χ3v) is 2.72. The molecule has 5 nitrogen and oxygen atoms in total. The largest absolute Gasteiger partial charge is 0.290 e. The molecule has 0 spiro atoms. The molecule has 0 heterocycles. The number of nitro benzene ring substituents is 1. The van der Waals surface area contributed by atoms with Gasteiger partial charge in [-0.3, -0.25) is 15.0 Å². The summed E-state index contributed by atoms with van der Waals surface area (Å²) in [5.74, 6) is 0. The van der Waals surface area contributed by atoms with E-state index in [1.165, 1.54) is 6.07 Å². The molecule has 0 radical (unpaired) electrons. The van der Waals surface area contributed by atoms with E-state index in [0.717, 1.165) is 18.5 Å². The zero-order chi connectivity index (χ0) is 13.4. The van der Waals surface area contributed by atoms with Gasteiger partial charge in [0.2, 0.25) is 0 Å². The second-order valence-electron chi connectivity index (χ2n) is 4.07. The molecule has 5 heteroatoms. The molecule has 0 N–H and O–H groups in total. The van der Waals surface area contributed by atoms with Crippen molar-refractivity contribution >= 4 is 5.69 Å². The van der Waals surface area contributed by atoms with Crippen molar-refractivity contribution in [2.24, 2.45) is 0 Å². The van der Waals surface area contributed by atoms with Crippen LogP contribution in [0.2, 0.25) is 0 Å². The smallest absolute Gasteiger partial charge is 0.272 e. The van der Waals surface area contributed by atoms with Crippen molar-refractivity contribution in [2.75, 3.05) is 19.6 Å². The number of nitro groups is 1. The van der Waals surface area contributed by atoms with E-state index in [9.17, 15) is 10.1 Å². The highest BCUT2D eigenvalue weighted by atomic mass is 16.6. The molecule has 0 saturated heterocycles. The first-order valence-corrected chi connectivity index (χ1v) is 6.00. The average molecular weight is 247 g/mol. The van der Waals surface area contributed by atoms with Gasteiger partial charge < -0.3 is 0 Å². The Hall–Kier alpha value is -1.93. The van der Waals surface area contributed by atoms with E-state index in [1.807, 2.05) is 4.90 Å². The standard InChI is InChI=1S/C13H17N3O2/c1-2-9-15(11-8-14)10-7-12-5-3-4-6-13(12)16(17)18/h3-6H,2,7,9-11H2,1H3. The Kier molecular flexibility index (Phi) is 5.81. The molecule has 1 rings (SSSR count). The van der Waals surface area contributed by atoms with Crippen molar-refractivity contribution < 1.29 is 4.92 Å². The molecule has 0 aliphatic rings. The number of rotatable bonds is 7. The summed E-state index contributed by atoms with van der Waals surface area (Å²) in [5, 5.41) is 19.6. The van der Waals surface area contributed by atoms with E-state index in [0.29, 0.717) is 19.5 Å². The summed E-state index contributed by atoms with van der Waals surface area (Å²) in [5.41, 5.74) is 0.882. The van der Waals surface area contributed by atoms with E-state index >= 15 is 0 Å². The number of benzene rings is 1. The maximum Gasteiger partial charge on any atom is 0.272 e. The Morgan fingerprint density at radius 3 is 2.72 bits per heavy atom. The van der Waals surface area contributed by atoms with Crippen molar-refractivity contribution in [1.29, 1.82) is 5.26 Å². The third-order valence-electron chi connectivity index (χ3n) is 2.72. The monoisotopic (exact) mass is 247 g/mol. The highest BCUT2D eigenvalue weighted by molar-refractivity contribution is 5.39. The zero-order valence-corrected chi connectivity index (χ0v) is 10.5. The molecule has 0 fully saturated rings. The van der Waals surface area contributed by atoms with Crippen LogP contribution in [-0.4, -0.2) is 29.5 Å². The summed E-state index contributed by atoms with van der Waals surface area (Å²) in [6, 6.07) is 8.88. The summed E-state index contributed by atoms with van der Waals surface area (Å²) in [4.78, 5) is 12.5. The van der Waals surface area contributed by atoms with Crippen molar-refractivity contribution in [2.45, 2.75) is 19.8 Å². The maximum absolute atomic E-state index is 10.9. The highest BCUT2D eigenvalue weighted by Gasteiger charge is 2.13. The van der Waals surface area contributed by atoms with Gasteiger partial charge in [0.05, 0.1) is 17.5 Å². The predicted octanol–water partition coefficient (Wildman–Crippen LogP) is 2.37. The molecule has 0 bridgehead atoms. The van der Waals surface area contributed by atoms with Crippen molar-refractivity contribution in [1.82, 2.24) is 4.90 Å².